The molecule has 27 heavy (non-hydrogen) atoms. The van der Waals surface area contributed by atoms with E-state index in [1.54, 1.807) is 24.3 Å². The predicted octanol–water partition coefficient (Wildman–Crippen LogP) is 5.68. The maximum atomic E-state index is 12.8. The molecular weight excluding hydrogens is 336 g/mol. The average Bonchev–Trinajstić information content (AvgIpc) is 2.73. The second-order valence-corrected chi connectivity index (χ2v) is 6.24. The number of rotatable bonds is 5. The summed E-state index contributed by atoms with van der Waals surface area (Å²) in [6.45, 7) is 4.19. The van der Waals surface area contributed by atoms with Gasteiger partial charge in [-0.25, -0.2) is 0 Å². The van der Waals surface area contributed by atoms with Crippen LogP contribution in [-0.2, 0) is 6.61 Å². The van der Waals surface area contributed by atoms with Crippen molar-refractivity contribution in [3.8, 4) is 16.9 Å². The molecule has 1 aromatic heterocycles. The van der Waals surface area contributed by atoms with Gasteiger partial charge < -0.3 is 9.15 Å². The summed E-state index contributed by atoms with van der Waals surface area (Å²) in [5.74, 6) is 0.658. The molecule has 0 spiro atoms. The van der Waals surface area contributed by atoms with Gasteiger partial charge in [0.2, 0.25) is 0 Å². The van der Waals surface area contributed by atoms with Crippen LogP contribution in [0.25, 0.3) is 28.2 Å². The molecular formula is C24H18O3. The number of benzene rings is 3. The van der Waals surface area contributed by atoms with Crippen molar-refractivity contribution < 1.29 is 9.15 Å². The third-order valence-corrected chi connectivity index (χ3v) is 4.45. The Morgan fingerprint density at radius 2 is 1.74 bits per heavy atom. The Balaban J connectivity index is 1.59. The van der Waals surface area contributed by atoms with Crippen molar-refractivity contribution in [1.29, 1.82) is 0 Å². The Labute approximate surface area is 157 Å². The van der Waals surface area contributed by atoms with Crippen LogP contribution in [0.4, 0.5) is 0 Å². The smallest absolute Gasteiger partial charge is 0.200 e. The molecule has 4 rings (SSSR count). The molecule has 0 unspecified atom stereocenters. The van der Waals surface area contributed by atoms with E-state index in [-0.39, 0.29) is 5.43 Å². The van der Waals surface area contributed by atoms with Gasteiger partial charge in [-0.2, -0.15) is 0 Å². The van der Waals surface area contributed by atoms with E-state index in [1.165, 1.54) is 6.26 Å². The molecule has 0 bridgehead atoms. The van der Waals surface area contributed by atoms with Gasteiger partial charge in [0.1, 0.15) is 24.2 Å². The third-order valence-electron chi connectivity index (χ3n) is 4.45. The van der Waals surface area contributed by atoms with Gasteiger partial charge in [-0.1, -0.05) is 67.3 Å². The van der Waals surface area contributed by atoms with Gasteiger partial charge in [0.15, 0.2) is 5.43 Å². The lowest BCUT2D eigenvalue weighted by Crippen LogP contribution is -2.05. The fraction of sp³-hybridized carbons (Fsp3) is 0.0417. The summed E-state index contributed by atoms with van der Waals surface area (Å²) in [6.07, 6.45) is 3.32. The average molecular weight is 354 g/mol. The van der Waals surface area contributed by atoms with Gasteiger partial charge in [-0.15, -0.1) is 0 Å². The zero-order chi connectivity index (χ0) is 18.6. The zero-order valence-electron chi connectivity index (χ0n) is 14.7. The predicted molar refractivity (Wildman–Crippen MR) is 109 cm³/mol. The minimum atomic E-state index is -0.0472. The van der Waals surface area contributed by atoms with E-state index in [2.05, 4.69) is 6.58 Å². The molecule has 132 valence electrons. The molecule has 3 aromatic carbocycles. The first-order chi connectivity index (χ1) is 13.2. The van der Waals surface area contributed by atoms with Gasteiger partial charge in [0.25, 0.3) is 0 Å². The minimum absolute atomic E-state index is 0.0472. The molecule has 0 amide bonds. The van der Waals surface area contributed by atoms with Gasteiger partial charge >= 0.3 is 0 Å². The van der Waals surface area contributed by atoms with Crippen LogP contribution < -0.4 is 10.2 Å². The summed E-state index contributed by atoms with van der Waals surface area (Å²) in [4.78, 5) is 12.8. The Bertz CT molecular complexity index is 1140. The Kier molecular flexibility index (Phi) is 4.58. The van der Waals surface area contributed by atoms with Crippen molar-refractivity contribution >= 4 is 17.0 Å². The number of hydrogen-bond donors (Lipinski definition) is 0. The van der Waals surface area contributed by atoms with Crippen molar-refractivity contribution in [2.75, 3.05) is 0 Å². The fourth-order valence-electron chi connectivity index (χ4n) is 2.93. The molecule has 0 aliphatic rings. The SMILES string of the molecule is C=Cc1ccc(COc2ccc3c(=O)c(-c4ccccc4)coc3c2)cc1. The van der Waals surface area contributed by atoms with Gasteiger partial charge in [-0.3, -0.25) is 4.79 Å². The van der Waals surface area contributed by atoms with Crippen molar-refractivity contribution in [3.05, 3.63) is 107 Å². The topological polar surface area (TPSA) is 39.4 Å². The van der Waals surface area contributed by atoms with Gasteiger partial charge in [-0.05, 0) is 28.8 Å². The van der Waals surface area contributed by atoms with Crippen molar-refractivity contribution in [2.45, 2.75) is 6.61 Å². The molecule has 3 nitrogen and oxygen atoms in total. The molecule has 1 heterocycles. The van der Waals surface area contributed by atoms with Crippen molar-refractivity contribution in [2.24, 2.45) is 0 Å². The highest BCUT2D eigenvalue weighted by Crippen LogP contribution is 2.23. The van der Waals surface area contributed by atoms with Crippen LogP contribution in [0.1, 0.15) is 11.1 Å². The first kappa shape index (κ1) is 16.9. The van der Waals surface area contributed by atoms with E-state index >= 15 is 0 Å². The van der Waals surface area contributed by atoms with Crippen LogP contribution in [0.15, 0.2) is 94.9 Å². The first-order valence-electron chi connectivity index (χ1n) is 8.70. The van der Waals surface area contributed by atoms with Crippen LogP contribution in [0.3, 0.4) is 0 Å². The van der Waals surface area contributed by atoms with Crippen LogP contribution in [0.5, 0.6) is 5.75 Å². The lowest BCUT2D eigenvalue weighted by atomic mass is 10.1. The van der Waals surface area contributed by atoms with E-state index < -0.39 is 0 Å². The van der Waals surface area contributed by atoms with Crippen LogP contribution in [-0.4, -0.2) is 0 Å². The summed E-state index contributed by atoms with van der Waals surface area (Å²) in [7, 11) is 0. The van der Waals surface area contributed by atoms with Crippen LogP contribution in [0.2, 0.25) is 0 Å². The zero-order valence-corrected chi connectivity index (χ0v) is 14.7. The molecule has 0 N–H and O–H groups in total. The van der Waals surface area contributed by atoms with Gasteiger partial charge in [0.05, 0.1) is 10.9 Å². The second-order valence-electron chi connectivity index (χ2n) is 6.24. The van der Waals surface area contributed by atoms with Crippen molar-refractivity contribution in [1.82, 2.24) is 0 Å². The molecule has 4 aromatic rings. The second kappa shape index (κ2) is 7.34. The summed E-state index contributed by atoms with van der Waals surface area (Å²) in [5, 5.41) is 0.541. The molecule has 0 aliphatic heterocycles. The quantitative estimate of drug-likeness (QED) is 0.463. The highest BCUT2D eigenvalue weighted by molar-refractivity contribution is 5.82. The van der Waals surface area contributed by atoms with E-state index in [1.807, 2.05) is 54.6 Å². The monoisotopic (exact) mass is 354 g/mol. The molecule has 0 saturated heterocycles. The third kappa shape index (κ3) is 3.53. The number of fused-ring (bicyclic) bond motifs is 1. The Morgan fingerprint density at radius 3 is 2.48 bits per heavy atom. The maximum absolute atomic E-state index is 12.8. The normalized spacial score (nSPS) is 10.7. The summed E-state index contributed by atoms with van der Waals surface area (Å²) in [6, 6.07) is 22.8. The molecule has 0 atom stereocenters. The van der Waals surface area contributed by atoms with Crippen LogP contribution in [0, 0.1) is 0 Å². The Morgan fingerprint density at radius 1 is 0.963 bits per heavy atom. The summed E-state index contributed by atoms with van der Waals surface area (Å²) >= 11 is 0. The summed E-state index contributed by atoms with van der Waals surface area (Å²) < 4.78 is 11.6. The van der Waals surface area contributed by atoms with Crippen molar-refractivity contribution in [3.63, 3.8) is 0 Å². The highest BCUT2D eigenvalue weighted by Gasteiger charge is 2.10. The number of hydrogen-bond acceptors (Lipinski definition) is 3. The van der Waals surface area contributed by atoms with E-state index in [9.17, 15) is 4.79 Å². The van der Waals surface area contributed by atoms with E-state index in [0.29, 0.717) is 28.9 Å². The molecule has 3 heteroatoms. The molecule has 0 saturated carbocycles. The molecule has 0 aliphatic carbocycles. The standard InChI is InChI=1S/C24H18O3/c1-2-17-8-10-18(11-9-17)15-26-20-12-13-21-23(14-20)27-16-22(24(21)25)19-6-4-3-5-7-19/h2-14,16H,1,15H2. The summed E-state index contributed by atoms with van der Waals surface area (Å²) in [5.41, 5.74) is 3.99. The fourth-order valence-corrected chi connectivity index (χ4v) is 2.93. The molecule has 0 fully saturated rings. The lowest BCUT2D eigenvalue weighted by Gasteiger charge is -2.08. The lowest BCUT2D eigenvalue weighted by molar-refractivity contribution is 0.306. The maximum Gasteiger partial charge on any atom is 0.200 e. The highest BCUT2D eigenvalue weighted by atomic mass is 16.5. The minimum Gasteiger partial charge on any atom is -0.489 e. The Hall–Kier alpha value is -3.59. The van der Waals surface area contributed by atoms with E-state index in [4.69, 9.17) is 9.15 Å². The molecule has 0 radical (unpaired) electrons. The largest absolute Gasteiger partial charge is 0.489 e. The van der Waals surface area contributed by atoms with Gasteiger partial charge in [0, 0.05) is 6.07 Å². The van der Waals surface area contributed by atoms with Crippen LogP contribution >= 0.6 is 0 Å². The first-order valence-corrected chi connectivity index (χ1v) is 8.70. The van der Waals surface area contributed by atoms with E-state index in [0.717, 1.165) is 16.7 Å². The number of ether oxygens (including phenoxy) is 1.